The summed E-state index contributed by atoms with van der Waals surface area (Å²) in [6, 6.07) is 4.01. The molecule has 0 saturated heterocycles. The molecule has 8 nitrogen and oxygen atoms in total. The van der Waals surface area contributed by atoms with Crippen LogP contribution >= 0.6 is 0 Å². The third kappa shape index (κ3) is 4.19. The lowest BCUT2D eigenvalue weighted by molar-refractivity contribution is -0.313. The van der Waals surface area contributed by atoms with Gasteiger partial charge in [0.2, 0.25) is 5.91 Å². The van der Waals surface area contributed by atoms with Crippen molar-refractivity contribution in [3.63, 3.8) is 0 Å². The highest BCUT2D eigenvalue weighted by Gasteiger charge is 2.32. The van der Waals surface area contributed by atoms with Crippen LogP contribution < -0.4 is 10.4 Å². The van der Waals surface area contributed by atoms with E-state index in [-0.39, 0.29) is 16.8 Å². The van der Waals surface area contributed by atoms with Crippen LogP contribution in [0, 0.1) is 11.8 Å². The molecule has 0 radical (unpaired) electrons. The predicted octanol–water partition coefficient (Wildman–Crippen LogP) is 0.755. The summed E-state index contributed by atoms with van der Waals surface area (Å²) in [6.07, 6.45) is 2.22. The van der Waals surface area contributed by atoms with Crippen LogP contribution in [0.5, 0.6) is 0 Å². The van der Waals surface area contributed by atoms with E-state index in [1.54, 1.807) is 0 Å². The Bertz CT molecular complexity index is 728. The zero-order valence-corrected chi connectivity index (χ0v) is 14.6. The smallest absolute Gasteiger partial charge is 0.339 e. The Hall–Kier alpha value is -2.90. The van der Waals surface area contributed by atoms with Gasteiger partial charge in [-0.3, -0.25) is 4.79 Å². The topological polar surface area (TPSA) is 122 Å². The normalized spacial score (nSPS) is 19.3. The third-order valence-corrected chi connectivity index (χ3v) is 4.51. The number of amides is 1. The van der Waals surface area contributed by atoms with Gasteiger partial charge in [0.05, 0.1) is 31.0 Å². The minimum Gasteiger partial charge on any atom is -0.550 e. The van der Waals surface area contributed by atoms with Crippen LogP contribution in [-0.2, 0) is 19.1 Å². The monoisotopic (exact) mass is 362 g/mol. The number of carboxylic acids is 1. The minimum absolute atomic E-state index is 0.0503. The van der Waals surface area contributed by atoms with Gasteiger partial charge in [-0.2, -0.15) is 0 Å². The van der Waals surface area contributed by atoms with Gasteiger partial charge in [0.25, 0.3) is 0 Å². The first-order chi connectivity index (χ1) is 12.4. The SMILES string of the molecule is COC(=O)c1ccc(C(=O)OC)c(NC(=O)C2CCCCC2C(=O)[O-])c1. The number of aliphatic carboxylic acids is 1. The first-order valence-electron chi connectivity index (χ1n) is 8.21. The Balaban J connectivity index is 2.33. The van der Waals surface area contributed by atoms with Crippen LogP contribution in [0.15, 0.2) is 18.2 Å². The standard InChI is InChI=1S/C18H21NO7/c1-25-17(23)10-7-8-13(18(24)26-2)14(9-10)19-15(20)11-5-3-4-6-12(11)16(21)22/h7-9,11-12H,3-6H2,1-2H3,(H,19,20)(H,21,22)/p-1. The van der Waals surface area contributed by atoms with Gasteiger partial charge in [0, 0.05) is 17.8 Å². The molecule has 2 rings (SSSR count). The molecule has 1 aliphatic rings. The summed E-state index contributed by atoms with van der Waals surface area (Å²) in [4.78, 5) is 47.6. The van der Waals surface area contributed by atoms with Crippen molar-refractivity contribution in [2.45, 2.75) is 25.7 Å². The molecule has 1 aromatic rings. The summed E-state index contributed by atoms with van der Waals surface area (Å²) in [5.41, 5.74) is 0.247. The number of methoxy groups -OCH3 is 2. The molecule has 1 aliphatic carbocycles. The third-order valence-electron chi connectivity index (χ3n) is 4.51. The van der Waals surface area contributed by atoms with Gasteiger partial charge in [-0.25, -0.2) is 9.59 Å². The van der Waals surface area contributed by atoms with Crippen molar-refractivity contribution in [2.75, 3.05) is 19.5 Å². The van der Waals surface area contributed by atoms with Crippen LogP contribution in [0.3, 0.4) is 0 Å². The van der Waals surface area contributed by atoms with Crippen LogP contribution in [0.2, 0.25) is 0 Å². The highest BCUT2D eigenvalue weighted by atomic mass is 16.5. The number of nitrogens with one attached hydrogen (secondary N) is 1. The second-order valence-corrected chi connectivity index (χ2v) is 6.05. The molecular formula is C18H20NO7-. The largest absolute Gasteiger partial charge is 0.550 e. The van der Waals surface area contributed by atoms with Crippen LogP contribution in [0.1, 0.15) is 46.4 Å². The molecule has 1 saturated carbocycles. The van der Waals surface area contributed by atoms with E-state index in [1.165, 1.54) is 32.4 Å². The van der Waals surface area contributed by atoms with Crippen LogP contribution in [0.25, 0.3) is 0 Å². The Labute approximate surface area is 150 Å². The van der Waals surface area contributed by atoms with Gasteiger partial charge in [-0.05, 0) is 31.0 Å². The van der Waals surface area contributed by atoms with Gasteiger partial charge in [0.15, 0.2) is 0 Å². The molecule has 2 atom stereocenters. The van der Waals surface area contributed by atoms with Gasteiger partial charge in [-0.15, -0.1) is 0 Å². The Kier molecular flexibility index (Phi) is 6.32. The fourth-order valence-electron chi connectivity index (χ4n) is 3.13. The van der Waals surface area contributed by atoms with Gasteiger partial charge in [-0.1, -0.05) is 12.8 Å². The number of esters is 2. The number of carbonyl (C=O) groups is 4. The molecule has 26 heavy (non-hydrogen) atoms. The van der Waals surface area contributed by atoms with E-state index in [9.17, 15) is 24.3 Å². The second kappa shape index (κ2) is 8.46. The maximum absolute atomic E-state index is 12.6. The number of hydrogen-bond acceptors (Lipinski definition) is 7. The summed E-state index contributed by atoms with van der Waals surface area (Å²) in [7, 11) is 2.40. The summed E-state index contributed by atoms with van der Waals surface area (Å²) >= 11 is 0. The van der Waals surface area contributed by atoms with Crippen LogP contribution in [0.4, 0.5) is 5.69 Å². The molecule has 0 spiro atoms. The van der Waals surface area contributed by atoms with E-state index in [1.807, 2.05) is 0 Å². The average Bonchev–Trinajstić information content (AvgIpc) is 2.66. The fourth-order valence-corrected chi connectivity index (χ4v) is 3.13. The zero-order valence-electron chi connectivity index (χ0n) is 14.6. The van der Waals surface area contributed by atoms with E-state index < -0.39 is 35.7 Å². The van der Waals surface area contributed by atoms with E-state index in [0.29, 0.717) is 19.3 Å². The lowest BCUT2D eigenvalue weighted by atomic mass is 9.78. The minimum atomic E-state index is -1.26. The summed E-state index contributed by atoms with van der Waals surface area (Å²) in [6.45, 7) is 0. The summed E-state index contributed by atoms with van der Waals surface area (Å²) in [5.74, 6) is -4.78. The predicted molar refractivity (Wildman–Crippen MR) is 88.2 cm³/mol. The van der Waals surface area contributed by atoms with Gasteiger partial charge >= 0.3 is 11.9 Å². The molecule has 0 aliphatic heterocycles. The van der Waals surface area contributed by atoms with Crippen molar-refractivity contribution in [3.05, 3.63) is 29.3 Å². The molecule has 0 aromatic heterocycles. The maximum Gasteiger partial charge on any atom is 0.339 e. The van der Waals surface area contributed by atoms with Gasteiger partial charge < -0.3 is 24.7 Å². The lowest BCUT2D eigenvalue weighted by Gasteiger charge is -2.31. The highest BCUT2D eigenvalue weighted by Crippen LogP contribution is 2.31. The highest BCUT2D eigenvalue weighted by molar-refractivity contribution is 6.04. The van der Waals surface area contributed by atoms with Crippen molar-refractivity contribution in [1.82, 2.24) is 0 Å². The number of hydrogen-bond donors (Lipinski definition) is 1. The van der Waals surface area contributed by atoms with E-state index >= 15 is 0 Å². The maximum atomic E-state index is 12.6. The number of benzene rings is 1. The number of ether oxygens (including phenoxy) is 2. The van der Waals surface area contributed by atoms with E-state index in [2.05, 4.69) is 14.8 Å². The number of carboxylic acid groups (broad SMARTS) is 1. The molecular weight excluding hydrogens is 342 g/mol. The van der Waals surface area contributed by atoms with Crippen LogP contribution in [-0.4, -0.2) is 38.0 Å². The van der Waals surface area contributed by atoms with E-state index in [4.69, 9.17) is 0 Å². The lowest BCUT2D eigenvalue weighted by Crippen LogP contribution is -2.42. The van der Waals surface area contributed by atoms with Crippen molar-refractivity contribution < 1.29 is 33.8 Å². The Morgan fingerprint density at radius 2 is 1.62 bits per heavy atom. The fraction of sp³-hybridized carbons (Fsp3) is 0.444. The molecule has 2 unspecified atom stereocenters. The second-order valence-electron chi connectivity index (χ2n) is 6.05. The summed E-state index contributed by atoms with van der Waals surface area (Å²) < 4.78 is 9.31. The molecule has 8 heteroatoms. The average molecular weight is 362 g/mol. The van der Waals surface area contributed by atoms with Crippen molar-refractivity contribution in [1.29, 1.82) is 0 Å². The molecule has 0 heterocycles. The Morgan fingerprint density at radius 3 is 2.19 bits per heavy atom. The molecule has 1 fully saturated rings. The first-order valence-corrected chi connectivity index (χ1v) is 8.21. The molecule has 1 aromatic carbocycles. The van der Waals surface area contributed by atoms with Gasteiger partial charge in [0.1, 0.15) is 0 Å². The summed E-state index contributed by atoms with van der Waals surface area (Å²) in [5, 5.41) is 13.9. The van der Waals surface area contributed by atoms with E-state index in [0.717, 1.165) is 6.42 Å². The number of carbonyl (C=O) groups excluding carboxylic acids is 4. The first kappa shape index (κ1) is 19.4. The van der Waals surface area contributed by atoms with Crippen molar-refractivity contribution in [2.24, 2.45) is 11.8 Å². The van der Waals surface area contributed by atoms with Crippen molar-refractivity contribution in [3.8, 4) is 0 Å². The number of rotatable bonds is 5. The molecule has 0 bridgehead atoms. The Morgan fingerprint density at radius 1 is 1.00 bits per heavy atom. The molecule has 1 N–H and O–H groups in total. The van der Waals surface area contributed by atoms with Crippen molar-refractivity contribution >= 4 is 29.5 Å². The molecule has 140 valence electrons. The zero-order chi connectivity index (χ0) is 19.3. The quantitative estimate of drug-likeness (QED) is 0.767. The molecule has 1 amide bonds. The number of anilines is 1.